The number of rotatable bonds is 29. The van der Waals surface area contributed by atoms with Gasteiger partial charge in [-0.15, -0.1) is 0 Å². The van der Waals surface area contributed by atoms with Gasteiger partial charge in [-0.05, 0) is 52.4 Å². The van der Waals surface area contributed by atoms with Gasteiger partial charge >= 0.3 is 0 Å². The number of ketones is 2. The summed E-state index contributed by atoms with van der Waals surface area (Å²) in [6, 6.07) is 0. The number of carbonyl (C=O) groups is 2. The molecule has 2 unspecified atom stereocenters. The first-order valence-electron chi connectivity index (χ1n) is 17.1. The zero-order valence-electron chi connectivity index (χ0n) is 27.5. The average molecular weight is 585 g/mol. The molecule has 0 saturated heterocycles. The summed E-state index contributed by atoms with van der Waals surface area (Å²) in [6.07, 6.45) is 25.2. The first-order chi connectivity index (χ1) is 19.8. The smallest absolute Gasteiger partial charge is 0.178 e. The number of carbonyl (C=O) groups excluding carboxylic acids is 2. The van der Waals surface area contributed by atoms with Crippen LogP contribution in [0.15, 0.2) is 12.2 Å². The SMILES string of the molecule is CCCCCCCCC=CCCCCCCCC(=O)C(O)(CO)C(O)C(=O)CCCCCCCCC.CCOCC. The van der Waals surface area contributed by atoms with Crippen LogP contribution >= 0.6 is 0 Å². The number of hydrogen-bond acceptors (Lipinski definition) is 6. The van der Waals surface area contributed by atoms with Crippen molar-refractivity contribution in [3.63, 3.8) is 0 Å². The summed E-state index contributed by atoms with van der Waals surface area (Å²) in [4.78, 5) is 24.8. The van der Waals surface area contributed by atoms with Gasteiger partial charge in [-0.2, -0.15) is 0 Å². The molecule has 0 aromatic heterocycles. The molecule has 0 aliphatic heterocycles. The molecule has 244 valence electrons. The third-order valence-corrected chi connectivity index (χ3v) is 7.58. The second-order valence-corrected chi connectivity index (χ2v) is 11.4. The van der Waals surface area contributed by atoms with Crippen LogP contribution < -0.4 is 0 Å². The summed E-state index contributed by atoms with van der Waals surface area (Å²) in [5, 5.41) is 30.5. The molecule has 0 aromatic carbocycles. The molecule has 0 bridgehead atoms. The van der Waals surface area contributed by atoms with E-state index in [1.54, 1.807) is 0 Å². The van der Waals surface area contributed by atoms with Gasteiger partial charge in [0.05, 0.1) is 6.61 Å². The molecule has 0 saturated carbocycles. The van der Waals surface area contributed by atoms with Gasteiger partial charge in [0.2, 0.25) is 0 Å². The fourth-order valence-electron chi connectivity index (χ4n) is 4.76. The number of ether oxygens (including phenoxy) is 1. The highest BCUT2D eigenvalue weighted by atomic mass is 16.5. The highest BCUT2D eigenvalue weighted by Gasteiger charge is 2.45. The van der Waals surface area contributed by atoms with Crippen LogP contribution in [0.1, 0.15) is 169 Å². The second-order valence-electron chi connectivity index (χ2n) is 11.4. The monoisotopic (exact) mass is 585 g/mol. The molecule has 6 nitrogen and oxygen atoms in total. The number of allylic oxidation sites excluding steroid dienone is 2. The fourth-order valence-corrected chi connectivity index (χ4v) is 4.76. The molecule has 0 aromatic rings. The van der Waals surface area contributed by atoms with Gasteiger partial charge in [0, 0.05) is 26.1 Å². The average Bonchev–Trinajstić information content (AvgIpc) is 2.98. The second kappa shape index (κ2) is 31.8. The Morgan fingerprint density at radius 3 is 1.41 bits per heavy atom. The molecule has 0 amide bonds. The Hall–Kier alpha value is -1.08. The first kappa shape index (κ1) is 42.1. The van der Waals surface area contributed by atoms with Crippen LogP contribution in [-0.4, -0.2) is 58.4 Å². The van der Waals surface area contributed by atoms with E-state index < -0.39 is 29.9 Å². The lowest BCUT2D eigenvalue weighted by Gasteiger charge is -2.29. The third-order valence-electron chi connectivity index (χ3n) is 7.58. The summed E-state index contributed by atoms with van der Waals surface area (Å²) in [7, 11) is 0. The van der Waals surface area contributed by atoms with Gasteiger partial charge in [-0.1, -0.05) is 116 Å². The van der Waals surface area contributed by atoms with E-state index >= 15 is 0 Å². The van der Waals surface area contributed by atoms with Crippen molar-refractivity contribution in [1.29, 1.82) is 0 Å². The van der Waals surface area contributed by atoms with E-state index in [0.717, 1.165) is 64.6 Å². The standard InChI is InChI=1S/C31H58O5.C4H10O/c1-3-5-7-9-11-12-13-14-15-16-17-18-20-22-24-26-29(34)31(36,27-32)30(35)28(33)25-23-21-19-10-8-6-4-2;1-3-5-4-2/h14-15,30,32,35-36H,3-13,16-27H2,1-2H3;3-4H2,1-2H3. The highest BCUT2D eigenvalue weighted by Crippen LogP contribution is 2.20. The van der Waals surface area contributed by atoms with E-state index in [-0.39, 0.29) is 12.8 Å². The first-order valence-corrected chi connectivity index (χ1v) is 17.1. The molecule has 0 rings (SSSR count). The molecular formula is C35H68O6. The number of unbranched alkanes of at least 4 members (excludes halogenated alkanes) is 17. The van der Waals surface area contributed by atoms with Crippen LogP contribution in [0.5, 0.6) is 0 Å². The topological polar surface area (TPSA) is 104 Å². The number of aliphatic hydroxyl groups is 3. The van der Waals surface area contributed by atoms with Crippen molar-refractivity contribution >= 4 is 11.6 Å². The van der Waals surface area contributed by atoms with Crippen molar-refractivity contribution < 1.29 is 29.6 Å². The van der Waals surface area contributed by atoms with Gasteiger partial charge in [0.25, 0.3) is 0 Å². The van der Waals surface area contributed by atoms with E-state index in [9.17, 15) is 24.9 Å². The van der Waals surface area contributed by atoms with Crippen molar-refractivity contribution in [2.24, 2.45) is 0 Å². The summed E-state index contributed by atoms with van der Waals surface area (Å²) in [6.45, 7) is 9.15. The van der Waals surface area contributed by atoms with Crippen LogP contribution in [-0.2, 0) is 14.3 Å². The molecule has 0 spiro atoms. The molecule has 0 aliphatic carbocycles. The molecule has 41 heavy (non-hydrogen) atoms. The lowest BCUT2D eigenvalue weighted by atomic mass is 9.85. The molecule has 0 radical (unpaired) electrons. The van der Waals surface area contributed by atoms with Crippen molar-refractivity contribution in [2.75, 3.05) is 19.8 Å². The maximum Gasteiger partial charge on any atom is 0.178 e. The molecule has 3 N–H and O–H groups in total. The maximum absolute atomic E-state index is 12.5. The Labute approximate surface area is 253 Å². The Bertz CT molecular complexity index is 603. The zero-order valence-corrected chi connectivity index (χ0v) is 27.5. The third kappa shape index (κ3) is 25.2. The summed E-state index contributed by atoms with van der Waals surface area (Å²) in [5.74, 6) is -1.19. The van der Waals surface area contributed by atoms with Crippen molar-refractivity contribution in [3.8, 4) is 0 Å². The zero-order chi connectivity index (χ0) is 31.0. The minimum atomic E-state index is -2.38. The van der Waals surface area contributed by atoms with E-state index in [0.29, 0.717) is 12.8 Å². The number of Topliss-reactive ketones (excluding diaryl/α,β-unsaturated/α-hetero) is 2. The summed E-state index contributed by atoms with van der Waals surface area (Å²) < 4.78 is 4.83. The Morgan fingerprint density at radius 2 is 1.02 bits per heavy atom. The van der Waals surface area contributed by atoms with Crippen LogP contribution in [0.3, 0.4) is 0 Å². The van der Waals surface area contributed by atoms with E-state index in [2.05, 4.69) is 26.0 Å². The van der Waals surface area contributed by atoms with E-state index in [4.69, 9.17) is 4.74 Å². The predicted octanol–water partition coefficient (Wildman–Crippen LogP) is 8.43. The van der Waals surface area contributed by atoms with Crippen LogP contribution in [0, 0.1) is 0 Å². The fraction of sp³-hybridized carbons (Fsp3) is 0.886. The summed E-state index contributed by atoms with van der Waals surface area (Å²) >= 11 is 0. The molecule has 2 atom stereocenters. The van der Waals surface area contributed by atoms with Crippen molar-refractivity contribution in [2.45, 2.75) is 181 Å². The van der Waals surface area contributed by atoms with Gasteiger partial charge < -0.3 is 20.1 Å². The Kier molecular flexibility index (Phi) is 32.7. The minimum absolute atomic E-state index is 0.0665. The quantitative estimate of drug-likeness (QED) is 0.0602. The molecule has 6 heteroatoms. The van der Waals surface area contributed by atoms with Gasteiger partial charge in [0.15, 0.2) is 23.3 Å². The highest BCUT2D eigenvalue weighted by molar-refractivity contribution is 5.96. The van der Waals surface area contributed by atoms with Crippen LogP contribution in [0.4, 0.5) is 0 Å². The maximum atomic E-state index is 12.5. The van der Waals surface area contributed by atoms with Gasteiger partial charge in [-0.3, -0.25) is 9.59 Å². The van der Waals surface area contributed by atoms with Crippen molar-refractivity contribution in [3.05, 3.63) is 12.2 Å². The molecule has 0 heterocycles. The normalized spacial score (nSPS) is 13.5. The molecular weight excluding hydrogens is 516 g/mol. The molecule has 0 fully saturated rings. The molecule has 0 aliphatic rings. The van der Waals surface area contributed by atoms with Crippen LogP contribution in [0.2, 0.25) is 0 Å². The van der Waals surface area contributed by atoms with Gasteiger partial charge in [-0.25, -0.2) is 0 Å². The lowest BCUT2D eigenvalue weighted by Crippen LogP contribution is -2.55. The Morgan fingerprint density at radius 1 is 0.634 bits per heavy atom. The largest absolute Gasteiger partial charge is 0.393 e. The van der Waals surface area contributed by atoms with Crippen molar-refractivity contribution in [1.82, 2.24) is 0 Å². The lowest BCUT2D eigenvalue weighted by molar-refractivity contribution is -0.165. The number of hydrogen-bond donors (Lipinski definition) is 3. The Balaban J connectivity index is 0. The van der Waals surface area contributed by atoms with Gasteiger partial charge in [0.1, 0.15) is 0 Å². The van der Waals surface area contributed by atoms with E-state index in [1.165, 1.54) is 64.2 Å². The predicted molar refractivity (Wildman–Crippen MR) is 172 cm³/mol. The number of aliphatic hydroxyl groups excluding tert-OH is 2. The van der Waals surface area contributed by atoms with Crippen LogP contribution in [0.25, 0.3) is 0 Å². The summed E-state index contributed by atoms with van der Waals surface area (Å²) in [5.41, 5.74) is -2.38. The van der Waals surface area contributed by atoms with E-state index in [1.807, 2.05) is 13.8 Å². The minimum Gasteiger partial charge on any atom is -0.393 e.